The van der Waals surface area contributed by atoms with Crippen LogP contribution in [0.4, 0.5) is 0 Å². The molecule has 1 saturated heterocycles. The lowest BCUT2D eigenvalue weighted by Crippen LogP contribution is -2.36. The summed E-state index contributed by atoms with van der Waals surface area (Å²) in [6.07, 6.45) is 2.15. The Morgan fingerprint density at radius 1 is 1.14 bits per heavy atom. The molecule has 0 aliphatic carbocycles. The first-order valence-corrected chi connectivity index (χ1v) is 12.9. The molecule has 2 N–H and O–H groups in total. The zero-order chi connectivity index (χ0) is 25.2. The molecule has 0 unspecified atom stereocenters. The number of nitrogens with zero attached hydrogens (tertiary/aromatic N) is 4. The number of hydrogen-bond donors (Lipinski definition) is 2. The van der Waals surface area contributed by atoms with E-state index in [2.05, 4.69) is 52.9 Å². The van der Waals surface area contributed by atoms with Crippen molar-refractivity contribution in [3.05, 3.63) is 53.4 Å². The van der Waals surface area contributed by atoms with E-state index in [0.29, 0.717) is 41.5 Å². The summed E-state index contributed by atoms with van der Waals surface area (Å²) in [4.78, 5) is 5.97. The Hall–Kier alpha value is -3.39. The highest BCUT2D eigenvalue weighted by atomic mass is 16.5. The monoisotopic (exact) mass is 489 g/mol. The Bertz CT molecular complexity index is 1320. The molecule has 1 aliphatic rings. The van der Waals surface area contributed by atoms with Gasteiger partial charge in [0.05, 0.1) is 5.69 Å². The van der Waals surface area contributed by atoms with Gasteiger partial charge in [0, 0.05) is 41.1 Å². The van der Waals surface area contributed by atoms with Crippen molar-refractivity contribution >= 4 is 11.0 Å². The molecule has 5 rings (SSSR count). The largest absolute Gasteiger partial charge is 0.507 e. The van der Waals surface area contributed by atoms with E-state index in [9.17, 15) is 5.11 Å². The highest BCUT2D eigenvalue weighted by Crippen LogP contribution is 2.35. The van der Waals surface area contributed by atoms with Gasteiger partial charge >= 0.3 is 0 Å². The first-order chi connectivity index (χ1) is 17.4. The quantitative estimate of drug-likeness (QED) is 0.330. The standard InChI is InChI=1S/C28H35N5O3/c1-17(2)18(3)25-16-26(32-36-25)35-14-13-33-11-9-20(10-12-33)27-19(4)22-15-23(30-31-28(22)29-27)21-7-5-6-8-24(21)34/h5-8,15-18,20,34H,9-14H2,1-4H3,(H,29,31)/t18-/m1/s1. The van der Waals surface area contributed by atoms with Gasteiger partial charge in [-0.05, 0) is 67.7 Å². The number of aromatic amines is 1. The number of H-pyrrole nitrogens is 1. The molecule has 36 heavy (non-hydrogen) atoms. The van der Waals surface area contributed by atoms with Gasteiger partial charge in [0.1, 0.15) is 18.1 Å². The number of hydrogen-bond acceptors (Lipinski definition) is 7. The average molecular weight is 490 g/mol. The van der Waals surface area contributed by atoms with Gasteiger partial charge in [-0.2, -0.15) is 0 Å². The first-order valence-electron chi connectivity index (χ1n) is 12.9. The lowest BCUT2D eigenvalue weighted by atomic mass is 9.91. The van der Waals surface area contributed by atoms with Crippen LogP contribution in [0.15, 0.2) is 40.9 Å². The Morgan fingerprint density at radius 2 is 1.92 bits per heavy atom. The summed E-state index contributed by atoms with van der Waals surface area (Å²) in [6, 6.07) is 11.2. The Balaban J connectivity index is 1.17. The van der Waals surface area contributed by atoms with Gasteiger partial charge in [-0.15, -0.1) is 10.2 Å². The van der Waals surface area contributed by atoms with Crippen molar-refractivity contribution in [1.82, 2.24) is 25.2 Å². The van der Waals surface area contributed by atoms with Crippen molar-refractivity contribution in [2.24, 2.45) is 5.92 Å². The molecule has 0 spiro atoms. The van der Waals surface area contributed by atoms with Crippen LogP contribution in [0.5, 0.6) is 11.6 Å². The van der Waals surface area contributed by atoms with Gasteiger partial charge < -0.3 is 19.4 Å². The lowest BCUT2D eigenvalue weighted by molar-refractivity contribution is 0.167. The highest BCUT2D eigenvalue weighted by Gasteiger charge is 2.25. The summed E-state index contributed by atoms with van der Waals surface area (Å²) < 4.78 is 11.3. The molecule has 1 aliphatic heterocycles. The van der Waals surface area contributed by atoms with Crippen LogP contribution >= 0.6 is 0 Å². The molecule has 1 aromatic carbocycles. The molecule has 1 fully saturated rings. The average Bonchev–Trinajstić information content (AvgIpc) is 3.49. The third-order valence-corrected chi connectivity index (χ3v) is 7.64. The number of aryl methyl sites for hydroxylation is 1. The van der Waals surface area contributed by atoms with Crippen LogP contribution in [-0.2, 0) is 0 Å². The summed E-state index contributed by atoms with van der Waals surface area (Å²) in [5.74, 6) is 2.95. The zero-order valence-corrected chi connectivity index (χ0v) is 21.5. The molecular formula is C28H35N5O3. The van der Waals surface area contributed by atoms with E-state index in [4.69, 9.17) is 9.26 Å². The Labute approximate surface area is 211 Å². The number of piperidine rings is 1. The minimum Gasteiger partial charge on any atom is -0.507 e. The van der Waals surface area contributed by atoms with E-state index >= 15 is 0 Å². The Morgan fingerprint density at radius 3 is 2.67 bits per heavy atom. The number of ether oxygens (including phenoxy) is 1. The van der Waals surface area contributed by atoms with Crippen molar-refractivity contribution in [3.63, 3.8) is 0 Å². The van der Waals surface area contributed by atoms with Gasteiger partial charge in [-0.1, -0.05) is 32.9 Å². The number of phenolic OH excluding ortho intramolecular Hbond substituents is 1. The first kappa shape index (κ1) is 24.3. The van der Waals surface area contributed by atoms with Crippen LogP contribution in [0.25, 0.3) is 22.3 Å². The minimum atomic E-state index is 0.213. The predicted octanol–water partition coefficient (Wildman–Crippen LogP) is 5.64. The molecule has 190 valence electrons. The minimum absolute atomic E-state index is 0.213. The third-order valence-electron chi connectivity index (χ3n) is 7.64. The van der Waals surface area contributed by atoms with Gasteiger partial charge in [0.25, 0.3) is 5.88 Å². The maximum Gasteiger partial charge on any atom is 0.254 e. The molecule has 1 atom stereocenters. The normalized spacial score (nSPS) is 16.1. The van der Waals surface area contributed by atoms with Crippen molar-refractivity contribution in [2.75, 3.05) is 26.2 Å². The van der Waals surface area contributed by atoms with Crippen molar-refractivity contribution in [1.29, 1.82) is 0 Å². The number of para-hydroxylation sites is 1. The highest BCUT2D eigenvalue weighted by molar-refractivity contribution is 5.85. The molecule has 4 heterocycles. The van der Waals surface area contributed by atoms with E-state index in [1.54, 1.807) is 12.1 Å². The molecule has 4 aromatic rings. The molecular weight excluding hydrogens is 454 g/mol. The van der Waals surface area contributed by atoms with E-state index in [1.165, 1.54) is 11.3 Å². The maximum absolute atomic E-state index is 10.2. The fourth-order valence-electron chi connectivity index (χ4n) is 4.97. The summed E-state index contributed by atoms with van der Waals surface area (Å²) in [7, 11) is 0. The smallest absolute Gasteiger partial charge is 0.254 e. The second kappa shape index (κ2) is 10.3. The summed E-state index contributed by atoms with van der Waals surface area (Å²) in [6.45, 7) is 12.2. The molecule has 0 saturated carbocycles. The summed E-state index contributed by atoms with van der Waals surface area (Å²) >= 11 is 0. The number of benzene rings is 1. The molecule has 0 radical (unpaired) electrons. The number of aromatic hydroxyl groups is 1. The molecule has 8 heteroatoms. The summed E-state index contributed by atoms with van der Waals surface area (Å²) in [5, 5.41) is 24.1. The number of fused-ring (bicyclic) bond motifs is 1. The molecule has 0 amide bonds. The van der Waals surface area contributed by atoms with Gasteiger partial charge in [0.15, 0.2) is 5.65 Å². The van der Waals surface area contributed by atoms with Crippen molar-refractivity contribution in [3.8, 4) is 22.9 Å². The Kier molecular flexibility index (Phi) is 6.96. The SMILES string of the molecule is Cc1c(C2CCN(CCOc3cc([C@H](C)C(C)C)on3)CC2)[nH]c2nnc(-c3ccccc3O)cc12. The van der Waals surface area contributed by atoms with Crippen LogP contribution in [0, 0.1) is 12.8 Å². The topological polar surface area (TPSA) is 100 Å². The lowest BCUT2D eigenvalue weighted by Gasteiger charge is -2.31. The number of likely N-dealkylation sites (tertiary alicyclic amines) is 1. The van der Waals surface area contributed by atoms with Crippen LogP contribution in [-0.4, -0.2) is 56.6 Å². The second-order valence-electron chi connectivity index (χ2n) is 10.2. The van der Waals surface area contributed by atoms with Crippen LogP contribution in [0.1, 0.15) is 62.5 Å². The number of nitrogens with one attached hydrogen (secondary N) is 1. The van der Waals surface area contributed by atoms with Crippen LogP contribution in [0.2, 0.25) is 0 Å². The molecule has 3 aromatic heterocycles. The zero-order valence-electron chi connectivity index (χ0n) is 21.5. The summed E-state index contributed by atoms with van der Waals surface area (Å²) in [5.41, 5.74) is 4.65. The second-order valence-corrected chi connectivity index (χ2v) is 10.2. The van der Waals surface area contributed by atoms with Crippen LogP contribution in [0.3, 0.4) is 0 Å². The van der Waals surface area contributed by atoms with Crippen molar-refractivity contribution < 1.29 is 14.4 Å². The fourth-order valence-corrected chi connectivity index (χ4v) is 4.97. The van der Waals surface area contributed by atoms with E-state index in [0.717, 1.165) is 49.3 Å². The van der Waals surface area contributed by atoms with Gasteiger partial charge in [-0.3, -0.25) is 4.90 Å². The number of aromatic nitrogens is 4. The third kappa shape index (κ3) is 4.95. The molecule has 0 bridgehead atoms. The van der Waals surface area contributed by atoms with Crippen molar-refractivity contribution in [2.45, 2.75) is 52.4 Å². The van der Waals surface area contributed by atoms with E-state index in [1.807, 2.05) is 24.3 Å². The fraction of sp³-hybridized carbons (Fsp3) is 0.464. The van der Waals surface area contributed by atoms with E-state index < -0.39 is 0 Å². The number of rotatable bonds is 8. The predicted molar refractivity (Wildman–Crippen MR) is 139 cm³/mol. The van der Waals surface area contributed by atoms with E-state index in [-0.39, 0.29) is 5.75 Å². The van der Waals surface area contributed by atoms with Gasteiger partial charge in [-0.25, -0.2) is 0 Å². The molecule has 8 nitrogen and oxygen atoms in total. The maximum atomic E-state index is 10.2. The number of phenols is 1. The van der Waals surface area contributed by atoms with Gasteiger partial charge in [0.2, 0.25) is 0 Å². The van der Waals surface area contributed by atoms with Crippen LogP contribution < -0.4 is 4.74 Å².